The first-order valence-corrected chi connectivity index (χ1v) is 7.26. The van der Waals surface area contributed by atoms with Crippen LogP contribution in [0, 0.1) is 5.92 Å². The van der Waals surface area contributed by atoms with E-state index in [-0.39, 0.29) is 12.5 Å². The molecule has 1 aliphatic rings. The van der Waals surface area contributed by atoms with Crippen LogP contribution in [0.1, 0.15) is 45.4 Å². The molecule has 0 aliphatic carbocycles. The molecule has 1 fully saturated rings. The minimum atomic E-state index is -0.804. The van der Waals surface area contributed by atoms with Gasteiger partial charge in [0.2, 0.25) is 0 Å². The minimum Gasteiger partial charge on any atom is -0.481 e. The SMILES string of the molecule is CCCC1CCN(C(=O)N(C)CCCC(=O)O)CC1. The van der Waals surface area contributed by atoms with E-state index < -0.39 is 5.97 Å². The molecule has 0 aromatic heterocycles. The lowest BCUT2D eigenvalue weighted by atomic mass is 9.93. The molecule has 0 aromatic rings. The number of likely N-dealkylation sites (tertiary alicyclic amines) is 1. The van der Waals surface area contributed by atoms with Crippen LogP contribution in [0.5, 0.6) is 0 Å². The summed E-state index contributed by atoms with van der Waals surface area (Å²) in [5, 5.41) is 8.58. The predicted molar refractivity (Wildman–Crippen MR) is 74.1 cm³/mol. The highest BCUT2D eigenvalue weighted by atomic mass is 16.4. The maximum atomic E-state index is 12.1. The van der Waals surface area contributed by atoms with Crippen LogP contribution in [-0.4, -0.2) is 53.6 Å². The fraction of sp³-hybridized carbons (Fsp3) is 0.857. The molecule has 5 nitrogen and oxygen atoms in total. The summed E-state index contributed by atoms with van der Waals surface area (Å²) in [6.45, 7) is 4.40. The Balaban J connectivity index is 2.27. The Morgan fingerprint density at radius 1 is 1.32 bits per heavy atom. The maximum Gasteiger partial charge on any atom is 0.319 e. The van der Waals surface area contributed by atoms with Crippen molar-refractivity contribution in [1.82, 2.24) is 9.80 Å². The summed E-state index contributed by atoms with van der Waals surface area (Å²) in [5.74, 6) is -0.0346. The van der Waals surface area contributed by atoms with Gasteiger partial charge >= 0.3 is 12.0 Å². The first-order chi connectivity index (χ1) is 9.04. The van der Waals surface area contributed by atoms with E-state index in [1.165, 1.54) is 12.8 Å². The Kier molecular flexibility index (Phi) is 6.67. The van der Waals surface area contributed by atoms with Crippen molar-refractivity contribution in [1.29, 1.82) is 0 Å². The van der Waals surface area contributed by atoms with Crippen LogP contribution in [-0.2, 0) is 4.79 Å². The number of aliphatic carboxylic acids is 1. The van der Waals surface area contributed by atoms with Crippen LogP contribution in [0.2, 0.25) is 0 Å². The van der Waals surface area contributed by atoms with Gasteiger partial charge in [-0.25, -0.2) is 4.79 Å². The molecule has 0 bridgehead atoms. The third kappa shape index (κ3) is 5.49. The van der Waals surface area contributed by atoms with Crippen molar-refractivity contribution in [3.05, 3.63) is 0 Å². The zero-order valence-corrected chi connectivity index (χ0v) is 12.1. The summed E-state index contributed by atoms with van der Waals surface area (Å²) >= 11 is 0. The molecule has 1 aliphatic heterocycles. The predicted octanol–water partition coefficient (Wildman–Crippen LogP) is 2.42. The fourth-order valence-electron chi connectivity index (χ4n) is 2.63. The second-order valence-corrected chi connectivity index (χ2v) is 5.42. The number of nitrogens with zero attached hydrogens (tertiary/aromatic N) is 2. The van der Waals surface area contributed by atoms with Gasteiger partial charge in [-0.05, 0) is 25.2 Å². The van der Waals surface area contributed by atoms with Gasteiger partial charge in [-0.1, -0.05) is 19.8 Å². The van der Waals surface area contributed by atoms with Crippen molar-refractivity contribution in [3.8, 4) is 0 Å². The van der Waals surface area contributed by atoms with Gasteiger partial charge in [0.15, 0.2) is 0 Å². The van der Waals surface area contributed by atoms with Gasteiger partial charge in [-0.2, -0.15) is 0 Å². The maximum absolute atomic E-state index is 12.1. The van der Waals surface area contributed by atoms with Gasteiger partial charge in [-0.3, -0.25) is 4.79 Å². The molecule has 19 heavy (non-hydrogen) atoms. The standard InChI is InChI=1S/C14H26N2O3/c1-3-5-12-7-10-16(11-8-12)14(19)15(2)9-4-6-13(17)18/h12H,3-11H2,1-2H3,(H,17,18). The van der Waals surface area contributed by atoms with Crippen LogP contribution in [0.15, 0.2) is 0 Å². The number of hydrogen-bond acceptors (Lipinski definition) is 2. The second kappa shape index (κ2) is 8.02. The minimum absolute atomic E-state index is 0.0420. The fourth-order valence-corrected chi connectivity index (χ4v) is 2.63. The van der Waals surface area contributed by atoms with Crippen molar-refractivity contribution >= 4 is 12.0 Å². The van der Waals surface area contributed by atoms with E-state index in [1.807, 2.05) is 4.90 Å². The molecular formula is C14H26N2O3. The molecule has 0 spiro atoms. The van der Waals surface area contributed by atoms with Crippen molar-refractivity contribution in [2.45, 2.75) is 45.4 Å². The van der Waals surface area contributed by atoms with Crippen LogP contribution < -0.4 is 0 Å². The zero-order valence-electron chi connectivity index (χ0n) is 12.1. The quantitative estimate of drug-likeness (QED) is 0.806. The largest absolute Gasteiger partial charge is 0.481 e. The van der Waals surface area contributed by atoms with E-state index in [1.54, 1.807) is 11.9 Å². The summed E-state index contributed by atoms with van der Waals surface area (Å²) < 4.78 is 0. The Morgan fingerprint density at radius 2 is 1.95 bits per heavy atom. The Hall–Kier alpha value is -1.26. The van der Waals surface area contributed by atoms with E-state index >= 15 is 0 Å². The van der Waals surface area contributed by atoms with E-state index in [9.17, 15) is 9.59 Å². The highest BCUT2D eigenvalue weighted by molar-refractivity contribution is 5.74. The van der Waals surface area contributed by atoms with E-state index in [4.69, 9.17) is 5.11 Å². The normalized spacial score (nSPS) is 16.4. The molecule has 0 radical (unpaired) electrons. The third-order valence-corrected chi connectivity index (χ3v) is 3.79. The lowest BCUT2D eigenvalue weighted by molar-refractivity contribution is -0.137. The molecule has 0 aromatic carbocycles. The first-order valence-electron chi connectivity index (χ1n) is 7.26. The van der Waals surface area contributed by atoms with Gasteiger partial charge in [0.1, 0.15) is 0 Å². The molecule has 1 heterocycles. The molecule has 110 valence electrons. The molecular weight excluding hydrogens is 244 g/mol. The molecule has 0 saturated carbocycles. The summed E-state index contributed by atoms with van der Waals surface area (Å²) in [7, 11) is 1.75. The van der Waals surface area contributed by atoms with Crippen LogP contribution in [0.25, 0.3) is 0 Å². The number of piperidine rings is 1. The molecule has 0 atom stereocenters. The Labute approximate surface area is 115 Å². The highest BCUT2D eigenvalue weighted by Gasteiger charge is 2.24. The number of hydrogen-bond donors (Lipinski definition) is 1. The number of amides is 2. The monoisotopic (exact) mass is 270 g/mol. The molecule has 0 unspecified atom stereocenters. The number of carbonyl (C=O) groups excluding carboxylic acids is 1. The molecule has 5 heteroatoms. The zero-order chi connectivity index (χ0) is 14.3. The summed E-state index contributed by atoms with van der Waals surface area (Å²) in [6.07, 6.45) is 5.31. The molecule has 1 N–H and O–H groups in total. The first kappa shape index (κ1) is 15.8. The van der Waals surface area contributed by atoms with Gasteiger partial charge in [0.05, 0.1) is 0 Å². The van der Waals surface area contributed by atoms with E-state index in [0.717, 1.165) is 31.8 Å². The third-order valence-electron chi connectivity index (χ3n) is 3.79. The number of carbonyl (C=O) groups is 2. The number of carboxylic acids is 1. The van der Waals surface area contributed by atoms with Crippen molar-refractivity contribution in [2.75, 3.05) is 26.7 Å². The van der Waals surface area contributed by atoms with E-state index in [0.29, 0.717) is 13.0 Å². The molecule has 1 saturated heterocycles. The molecule has 1 rings (SSSR count). The van der Waals surface area contributed by atoms with Gasteiger partial charge in [-0.15, -0.1) is 0 Å². The Bertz CT molecular complexity index is 299. The van der Waals surface area contributed by atoms with Crippen LogP contribution in [0.4, 0.5) is 4.79 Å². The molecule has 2 amide bonds. The average molecular weight is 270 g/mol. The van der Waals surface area contributed by atoms with E-state index in [2.05, 4.69) is 6.92 Å². The Morgan fingerprint density at radius 3 is 2.47 bits per heavy atom. The number of carboxylic acid groups (broad SMARTS) is 1. The number of urea groups is 1. The van der Waals surface area contributed by atoms with Crippen LogP contribution >= 0.6 is 0 Å². The van der Waals surface area contributed by atoms with Gasteiger partial charge < -0.3 is 14.9 Å². The van der Waals surface area contributed by atoms with Crippen LogP contribution in [0.3, 0.4) is 0 Å². The van der Waals surface area contributed by atoms with Crippen molar-refractivity contribution in [3.63, 3.8) is 0 Å². The summed E-state index contributed by atoms with van der Waals surface area (Å²) in [6, 6.07) is 0.0420. The van der Waals surface area contributed by atoms with Crippen molar-refractivity contribution < 1.29 is 14.7 Å². The summed E-state index contributed by atoms with van der Waals surface area (Å²) in [5.41, 5.74) is 0. The lowest BCUT2D eigenvalue weighted by Crippen LogP contribution is -2.45. The van der Waals surface area contributed by atoms with Crippen molar-refractivity contribution in [2.24, 2.45) is 5.92 Å². The number of rotatable bonds is 6. The lowest BCUT2D eigenvalue weighted by Gasteiger charge is -2.34. The van der Waals surface area contributed by atoms with Gasteiger partial charge in [0.25, 0.3) is 0 Å². The topological polar surface area (TPSA) is 60.9 Å². The highest BCUT2D eigenvalue weighted by Crippen LogP contribution is 2.22. The second-order valence-electron chi connectivity index (χ2n) is 5.42. The smallest absolute Gasteiger partial charge is 0.319 e. The summed E-state index contributed by atoms with van der Waals surface area (Å²) in [4.78, 5) is 26.1. The van der Waals surface area contributed by atoms with Gasteiger partial charge in [0, 0.05) is 33.1 Å². The average Bonchev–Trinajstić information content (AvgIpc) is 2.38.